The maximum atomic E-state index is 15.5. The molecular weight excluding hydrogens is 1680 g/mol. The maximum absolute atomic E-state index is 15.5. The summed E-state index contributed by atoms with van der Waals surface area (Å²) in [5, 5.41) is 0. The first-order valence-electron chi connectivity index (χ1n) is 47.4. The Morgan fingerprint density at radius 3 is 0.701 bits per heavy atom. The van der Waals surface area contributed by atoms with Crippen LogP contribution in [-0.4, -0.2) is 0 Å². The van der Waals surface area contributed by atoms with E-state index in [9.17, 15) is 0 Å². The molecule has 0 heterocycles. The van der Waals surface area contributed by atoms with E-state index in [-0.39, 0.29) is 23.3 Å². The standard InChI is InChI=1S/C129H88F4N4/c130-95-44-60-103(61-45-95)134(107-68-74-115-113-24-10-12-26-121(113)127(123(115)79-107,91-18-4-1-5-19-91)94-43-32-87-30-31-90(87)78-94)99-52-33-83(34-53-99)85-37-56-101(57-38-85)136(105-64-48-97(132)49-65-105)109-70-76-117-118-77-71-110(82-126(118)129(125(117)81-109,93-22-8-3-9-23-93)120-29-15-17-89-42-73-112(89)120)137(106-66-50-98(133)51-67-106)102-58-39-86(40-59-102)84-35-54-100(55-36-84)135(104-62-46-96(131)47-63-104)108-69-75-116-114-25-11-13-27-122(114)128(124(116)80-108,92-20-6-2-7-21-92)119-28-14-16-88-41-72-111(88)119/h1-29,32-40,43-71,74-82H,30-31,41-42,72-73H2. The van der Waals surface area contributed by atoms with Gasteiger partial charge in [-0.3, -0.25) is 0 Å². The minimum atomic E-state index is -0.874. The molecule has 0 fully saturated rings. The van der Waals surface area contributed by atoms with Crippen molar-refractivity contribution in [3.63, 3.8) is 0 Å². The molecule has 6 aliphatic carbocycles. The number of anilines is 12. The summed E-state index contributed by atoms with van der Waals surface area (Å²) in [7, 11) is 0. The van der Waals surface area contributed by atoms with Crippen molar-refractivity contribution in [2.24, 2.45) is 0 Å². The molecule has 3 unspecified atom stereocenters. The highest BCUT2D eigenvalue weighted by molar-refractivity contribution is 5.96. The molecule has 20 aromatic carbocycles. The van der Waals surface area contributed by atoms with Gasteiger partial charge in [-0.05, 0) is 388 Å². The van der Waals surface area contributed by atoms with Crippen molar-refractivity contribution in [1.29, 1.82) is 0 Å². The lowest BCUT2D eigenvalue weighted by atomic mass is 9.63. The van der Waals surface area contributed by atoms with E-state index in [1.807, 2.05) is 48.5 Å². The number of rotatable bonds is 20. The third kappa shape index (κ3) is 12.9. The molecule has 6 aliphatic rings. The molecule has 0 saturated heterocycles. The summed E-state index contributed by atoms with van der Waals surface area (Å²) in [5.74, 6) is -1.28. The van der Waals surface area contributed by atoms with Gasteiger partial charge >= 0.3 is 0 Å². The van der Waals surface area contributed by atoms with E-state index >= 15 is 17.6 Å². The molecule has 20 aromatic rings. The molecular formula is C129H88F4N4. The number of benzene rings is 20. The lowest BCUT2D eigenvalue weighted by Crippen LogP contribution is -2.32. The number of hydrogen-bond donors (Lipinski definition) is 0. The molecule has 0 N–H and O–H groups in total. The molecule has 8 heteroatoms. The van der Waals surface area contributed by atoms with Gasteiger partial charge in [-0.2, -0.15) is 0 Å². The second-order valence-electron chi connectivity index (χ2n) is 37.2. The third-order valence-electron chi connectivity index (χ3n) is 30.3. The van der Waals surface area contributed by atoms with Gasteiger partial charge in [0.15, 0.2) is 0 Å². The highest BCUT2D eigenvalue weighted by Crippen LogP contribution is 2.64. The van der Waals surface area contributed by atoms with E-state index in [1.165, 1.54) is 142 Å². The van der Waals surface area contributed by atoms with Crippen LogP contribution in [0.4, 0.5) is 85.8 Å². The zero-order valence-electron chi connectivity index (χ0n) is 74.9. The smallest absolute Gasteiger partial charge is 0.123 e. The fraction of sp³-hybridized carbons (Fsp3) is 0.0698. The SMILES string of the molecule is Fc1ccc(N(c2ccc(-c3ccc(N(c4ccc(F)cc4)c4ccc5c(c4)C(c4ccccc4)(c4cccc6c4CC6)c4cc(N(c6ccc(F)cc6)c6ccc(-c7ccc(N(c8ccc(F)cc8)c8ccc9c(c8)C(c8ccccc8)(c8cccc%10c8CC%10)c8ccccc8-9)cc7)cc6)ccc4-5)cc3)cc2)c2ccc3c(c2)C(c2ccccc2)(c2ccc4c(c2)CC4)c2ccccc2-3)cc1. The Hall–Kier alpha value is -16.7. The average molecular weight is 1770 g/mol. The van der Waals surface area contributed by atoms with Gasteiger partial charge in [0.25, 0.3) is 0 Å². The Morgan fingerprint density at radius 1 is 0.153 bits per heavy atom. The Labute approximate surface area is 794 Å². The molecule has 137 heavy (non-hydrogen) atoms. The quantitative estimate of drug-likeness (QED) is 0.0705. The fourth-order valence-electron chi connectivity index (χ4n) is 23.7. The molecule has 0 amide bonds. The highest BCUT2D eigenvalue weighted by atomic mass is 19.1. The molecule has 0 radical (unpaired) electrons. The average Bonchev–Trinajstić information content (AvgIpc) is 1.53. The minimum absolute atomic E-state index is 0.305. The Bertz CT molecular complexity index is 8110. The summed E-state index contributed by atoms with van der Waals surface area (Å²) in [6, 6.07) is 161. The van der Waals surface area contributed by atoms with Crippen LogP contribution in [0.25, 0.3) is 55.6 Å². The predicted molar refractivity (Wildman–Crippen MR) is 550 cm³/mol. The van der Waals surface area contributed by atoms with E-state index < -0.39 is 16.2 Å². The van der Waals surface area contributed by atoms with Crippen LogP contribution in [0.3, 0.4) is 0 Å². The van der Waals surface area contributed by atoms with Crippen LogP contribution >= 0.6 is 0 Å². The summed E-state index contributed by atoms with van der Waals surface area (Å²) >= 11 is 0. The van der Waals surface area contributed by atoms with Gasteiger partial charge in [-0.25, -0.2) is 17.6 Å². The van der Waals surface area contributed by atoms with Crippen LogP contribution in [0.2, 0.25) is 0 Å². The summed E-state index contributed by atoms with van der Waals surface area (Å²) < 4.78 is 61.3. The van der Waals surface area contributed by atoms with E-state index in [0.29, 0.717) is 0 Å². The Morgan fingerprint density at radius 2 is 0.401 bits per heavy atom. The lowest BCUT2D eigenvalue weighted by Gasteiger charge is -2.39. The van der Waals surface area contributed by atoms with E-state index in [2.05, 4.69) is 384 Å². The first kappa shape index (κ1) is 81.1. The molecule has 652 valence electrons. The van der Waals surface area contributed by atoms with Crippen molar-refractivity contribution in [2.75, 3.05) is 19.6 Å². The monoisotopic (exact) mass is 1770 g/mol. The van der Waals surface area contributed by atoms with Crippen molar-refractivity contribution in [1.82, 2.24) is 0 Å². The largest absolute Gasteiger partial charge is 0.310 e. The Balaban J connectivity index is 0.549. The van der Waals surface area contributed by atoms with Gasteiger partial charge in [0.1, 0.15) is 23.3 Å². The van der Waals surface area contributed by atoms with Crippen LogP contribution in [0.5, 0.6) is 0 Å². The fourth-order valence-corrected chi connectivity index (χ4v) is 23.7. The van der Waals surface area contributed by atoms with Crippen molar-refractivity contribution in [3.8, 4) is 55.6 Å². The van der Waals surface area contributed by atoms with E-state index in [4.69, 9.17) is 0 Å². The van der Waals surface area contributed by atoms with E-state index in [1.54, 1.807) is 12.1 Å². The van der Waals surface area contributed by atoms with E-state index in [0.717, 1.165) is 157 Å². The van der Waals surface area contributed by atoms with Gasteiger partial charge in [0.05, 0.1) is 16.2 Å². The normalized spacial score (nSPS) is 16.1. The summed E-state index contributed by atoms with van der Waals surface area (Å²) in [5.41, 5.74) is 42.2. The molecule has 3 atom stereocenters. The number of halogens is 4. The first-order valence-corrected chi connectivity index (χ1v) is 47.4. The van der Waals surface area contributed by atoms with Gasteiger partial charge in [-0.15, -0.1) is 0 Å². The van der Waals surface area contributed by atoms with Crippen LogP contribution in [0.15, 0.2) is 461 Å². The summed E-state index contributed by atoms with van der Waals surface area (Å²) in [4.78, 5) is 8.96. The second kappa shape index (κ2) is 32.3. The number of hydrogen-bond acceptors (Lipinski definition) is 4. The van der Waals surface area contributed by atoms with Crippen LogP contribution in [-0.2, 0) is 54.8 Å². The molecule has 26 rings (SSSR count). The van der Waals surface area contributed by atoms with Crippen molar-refractivity contribution in [3.05, 3.63) is 584 Å². The van der Waals surface area contributed by atoms with Gasteiger partial charge in [0, 0.05) is 68.2 Å². The highest BCUT2D eigenvalue weighted by Gasteiger charge is 2.52. The van der Waals surface area contributed by atoms with Crippen molar-refractivity contribution >= 4 is 68.2 Å². The van der Waals surface area contributed by atoms with Crippen LogP contribution < -0.4 is 19.6 Å². The maximum Gasteiger partial charge on any atom is 0.123 e. The van der Waals surface area contributed by atoms with Crippen molar-refractivity contribution in [2.45, 2.75) is 54.8 Å². The number of fused-ring (bicyclic) bond motifs is 12. The lowest BCUT2D eigenvalue weighted by molar-refractivity contribution is 0.627. The first-order chi connectivity index (χ1) is 67.5. The van der Waals surface area contributed by atoms with Gasteiger partial charge in [-0.1, -0.05) is 267 Å². The Kier molecular flexibility index (Phi) is 19.1. The third-order valence-corrected chi connectivity index (χ3v) is 30.3. The van der Waals surface area contributed by atoms with Gasteiger partial charge in [0.2, 0.25) is 0 Å². The summed E-state index contributed by atoms with van der Waals surface area (Å²) in [6.07, 6.45) is 6.15. The van der Waals surface area contributed by atoms with Crippen LogP contribution in [0, 0.1) is 23.3 Å². The van der Waals surface area contributed by atoms with Crippen LogP contribution in [0.1, 0.15) is 100 Å². The number of aryl methyl sites for hydroxylation is 4. The second-order valence-corrected chi connectivity index (χ2v) is 37.2. The molecule has 0 bridgehead atoms. The summed E-state index contributed by atoms with van der Waals surface area (Å²) in [6.45, 7) is 0. The minimum Gasteiger partial charge on any atom is -0.310 e. The molecule has 0 saturated carbocycles. The predicted octanol–water partition coefficient (Wildman–Crippen LogP) is 32.8. The topological polar surface area (TPSA) is 13.0 Å². The molecule has 0 aliphatic heterocycles. The zero-order chi connectivity index (χ0) is 91.2. The molecule has 4 nitrogen and oxygen atoms in total. The molecule has 0 aromatic heterocycles. The van der Waals surface area contributed by atoms with Crippen molar-refractivity contribution < 1.29 is 17.6 Å². The molecule has 0 spiro atoms. The number of nitrogens with zero attached hydrogens (tertiary/aromatic N) is 4. The van der Waals surface area contributed by atoms with Gasteiger partial charge < -0.3 is 19.6 Å². The zero-order valence-corrected chi connectivity index (χ0v) is 74.9.